The molecule has 244 valence electrons. The predicted octanol–water partition coefficient (Wildman–Crippen LogP) is 4.03. The number of aliphatic hydroxyl groups is 1. The molecule has 0 radical (unpaired) electrons. The highest BCUT2D eigenvalue weighted by molar-refractivity contribution is 7.89. The fraction of sp³-hybridized carbons (Fsp3) is 0.412. The molecule has 0 heterocycles. The number of nitrogens with two attached hydrogens (primary N) is 1. The van der Waals surface area contributed by atoms with Crippen molar-refractivity contribution < 1.29 is 23.1 Å². The van der Waals surface area contributed by atoms with Crippen LogP contribution in [0.2, 0.25) is 0 Å². The van der Waals surface area contributed by atoms with E-state index in [4.69, 9.17) is 5.73 Å². The Balaban J connectivity index is 1.72. The summed E-state index contributed by atoms with van der Waals surface area (Å²) >= 11 is 0. The zero-order valence-corrected chi connectivity index (χ0v) is 27.4. The first-order valence-corrected chi connectivity index (χ1v) is 16.7. The molecule has 45 heavy (non-hydrogen) atoms. The summed E-state index contributed by atoms with van der Waals surface area (Å²) in [7, 11) is -0.623. The number of nitrogens with one attached hydrogen (secondary N) is 2. The number of hydrogen-bond donors (Lipinski definition) is 4. The molecule has 0 bridgehead atoms. The van der Waals surface area contributed by atoms with Crippen molar-refractivity contribution in [2.24, 2.45) is 5.92 Å². The molecular formula is C34H47N5O5S. The lowest BCUT2D eigenvalue weighted by Gasteiger charge is -2.31. The highest BCUT2D eigenvalue weighted by Crippen LogP contribution is 2.29. The lowest BCUT2D eigenvalue weighted by Crippen LogP contribution is -2.53. The standard InChI is InChI=1S/C34H47N5O5S/c1-25(2)23-39(45(43,44)30-20-18-28(35)19-21-30)29(24-40)17-11-12-22-36-33(41)32(37-34(42)38(3)4)31(26-13-7-5-8-14-26)27-15-9-6-10-16-27/h5-10,13-16,18-21,25,29,31-32,40H,11-12,17,22-24,35H2,1-4H3,(H,36,41)(H,37,42)/t29-,32-/m0/s1. The van der Waals surface area contributed by atoms with Crippen molar-refractivity contribution in [2.45, 2.75) is 56.0 Å². The average molecular weight is 638 g/mol. The summed E-state index contributed by atoms with van der Waals surface area (Å²) < 4.78 is 28.5. The smallest absolute Gasteiger partial charge is 0.317 e. The van der Waals surface area contributed by atoms with E-state index in [0.29, 0.717) is 31.5 Å². The number of aliphatic hydroxyl groups excluding tert-OH is 1. The van der Waals surface area contributed by atoms with Gasteiger partial charge in [0.2, 0.25) is 15.9 Å². The third-order valence-corrected chi connectivity index (χ3v) is 9.46. The van der Waals surface area contributed by atoms with Crippen molar-refractivity contribution in [3.05, 3.63) is 96.1 Å². The Morgan fingerprint density at radius 1 is 0.867 bits per heavy atom. The number of anilines is 1. The van der Waals surface area contributed by atoms with Gasteiger partial charge in [-0.1, -0.05) is 80.9 Å². The van der Waals surface area contributed by atoms with Crippen LogP contribution >= 0.6 is 0 Å². The molecule has 5 N–H and O–H groups in total. The van der Waals surface area contributed by atoms with E-state index in [1.807, 2.05) is 74.5 Å². The molecule has 0 aliphatic heterocycles. The molecule has 0 aliphatic carbocycles. The summed E-state index contributed by atoms with van der Waals surface area (Å²) in [6, 6.07) is 23.3. The number of hydrogen-bond acceptors (Lipinski definition) is 6. The van der Waals surface area contributed by atoms with Crippen molar-refractivity contribution in [3.63, 3.8) is 0 Å². The molecule has 0 fully saturated rings. The number of nitrogens with zero attached hydrogens (tertiary/aromatic N) is 2. The van der Waals surface area contributed by atoms with Gasteiger partial charge in [-0.3, -0.25) is 4.79 Å². The Morgan fingerprint density at radius 2 is 1.42 bits per heavy atom. The van der Waals surface area contributed by atoms with E-state index in [9.17, 15) is 23.1 Å². The van der Waals surface area contributed by atoms with E-state index in [1.54, 1.807) is 26.2 Å². The van der Waals surface area contributed by atoms with Crippen LogP contribution in [0, 0.1) is 5.92 Å². The monoisotopic (exact) mass is 637 g/mol. The van der Waals surface area contributed by atoms with Gasteiger partial charge in [-0.05, 0) is 54.2 Å². The molecule has 0 unspecified atom stereocenters. The molecule has 2 atom stereocenters. The number of rotatable bonds is 16. The predicted molar refractivity (Wildman–Crippen MR) is 178 cm³/mol. The number of urea groups is 1. The molecule has 0 aromatic heterocycles. The Labute approximate surface area is 267 Å². The van der Waals surface area contributed by atoms with Gasteiger partial charge < -0.3 is 26.4 Å². The minimum Gasteiger partial charge on any atom is -0.399 e. The van der Waals surface area contributed by atoms with E-state index in [0.717, 1.165) is 11.1 Å². The number of benzene rings is 3. The highest BCUT2D eigenvalue weighted by Gasteiger charge is 2.33. The summed E-state index contributed by atoms with van der Waals surface area (Å²) in [5.74, 6) is -0.717. The van der Waals surface area contributed by atoms with Crippen LogP contribution in [0.3, 0.4) is 0 Å². The fourth-order valence-electron chi connectivity index (χ4n) is 5.19. The molecule has 3 aromatic carbocycles. The van der Waals surface area contributed by atoms with Gasteiger partial charge in [0.25, 0.3) is 0 Å². The molecule has 0 aliphatic rings. The second-order valence-electron chi connectivity index (χ2n) is 11.8. The van der Waals surface area contributed by atoms with E-state index >= 15 is 0 Å². The van der Waals surface area contributed by atoms with Gasteiger partial charge in [-0.2, -0.15) is 4.31 Å². The Morgan fingerprint density at radius 3 is 1.91 bits per heavy atom. The molecule has 0 spiro atoms. The molecule has 3 amide bonds. The van der Waals surface area contributed by atoms with Crippen LogP contribution < -0.4 is 16.4 Å². The fourth-order valence-corrected chi connectivity index (χ4v) is 7.00. The van der Waals surface area contributed by atoms with Crippen LogP contribution in [0.5, 0.6) is 0 Å². The Hall–Kier alpha value is -3.93. The molecule has 3 rings (SSSR count). The quantitative estimate of drug-likeness (QED) is 0.138. The van der Waals surface area contributed by atoms with Crippen LogP contribution in [0.1, 0.15) is 50.2 Å². The van der Waals surface area contributed by atoms with E-state index in [1.165, 1.54) is 21.3 Å². The van der Waals surface area contributed by atoms with Crippen LogP contribution in [-0.4, -0.2) is 80.5 Å². The van der Waals surface area contributed by atoms with Crippen LogP contribution in [0.4, 0.5) is 10.5 Å². The minimum atomic E-state index is -3.87. The van der Waals surface area contributed by atoms with Crippen molar-refractivity contribution >= 4 is 27.6 Å². The number of nitrogen functional groups attached to an aromatic ring is 1. The Kier molecular flexibility index (Phi) is 13.4. The van der Waals surface area contributed by atoms with Gasteiger partial charge in [-0.25, -0.2) is 13.2 Å². The summed E-state index contributed by atoms with van der Waals surface area (Å²) in [5.41, 5.74) is 8.00. The summed E-state index contributed by atoms with van der Waals surface area (Å²) in [5, 5.41) is 16.1. The normalized spacial score (nSPS) is 13.1. The largest absolute Gasteiger partial charge is 0.399 e. The second-order valence-corrected chi connectivity index (χ2v) is 13.7. The minimum absolute atomic E-state index is 0.0402. The number of unbranched alkanes of at least 4 members (excludes halogenated alkanes) is 1. The average Bonchev–Trinajstić information content (AvgIpc) is 3.02. The van der Waals surface area contributed by atoms with Crippen molar-refractivity contribution in [1.82, 2.24) is 19.8 Å². The number of amides is 3. The van der Waals surface area contributed by atoms with Gasteiger partial charge in [0.15, 0.2) is 0 Å². The van der Waals surface area contributed by atoms with E-state index in [2.05, 4.69) is 10.6 Å². The molecule has 11 heteroatoms. The third-order valence-electron chi connectivity index (χ3n) is 7.53. The van der Waals surface area contributed by atoms with Crippen LogP contribution in [0.15, 0.2) is 89.8 Å². The Bertz CT molecular complexity index is 1410. The summed E-state index contributed by atoms with van der Waals surface area (Å²) in [6.45, 7) is 4.10. The van der Waals surface area contributed by atoms with Crippen LogP contribution in [-0.2, 0) is 14.8 Å². The maximum atomic E-state index is 13.7. The van der Waals surface area contributed by atoms with Crippen molar-refractivity contribution in [2.75, 3.05) is 39.5 Å². The van der Waals surface area contributed by atoms with E-state index in [-0.39, 0.29) is 35.9 Å². The first-order chi connectivity index (χ1) is 21.4. The van der Waals surface area contributed by atoms with Crippen molar-refractivity contribution in [1.29, 1.82) is 0 Å². The van der Waals surface area contributed by atoms with Gasteiger partial charge >= 0.3 is 6.03 Å². The SMILES string of the molecule is CC(C)CN([C@H](CO)CCCCNC(=O)[C@@H](NC(=O)N(C)C)C(c1ccccc1)c1ccccc1)S(=O)(=O)c1ccc(N)cc1. The lowest BCUT2D eigenvalue weighted by atomic mass is 9.84. The number of carbonyl (C=O) groups is 2. The number of carbonyl (C=O) groups excluding carboxylic acids is 2. The van der Waals surface area contributed by atoms with Gasteiger partial charge in [0, 0.05) is 44.8 Å². The molecule has 3 aromatic rings. The molecule has 10 nitrogen and oxygen atoms in total. The van der Waals surface area contributed by atoms with Crippen molar-refractivity contribution in [3.8, 4) is 0 Å². The number of sulfonamides is 1. The molecule has 0 saturated carbocycles. The summed E-state index contributed by atoms with van der Waals surface area (Å²) in [6.07, 6.45) is 1.52. The van der Waals surface area contributed by atoms with Gasteiger partial charge in [-0.15, -0.1) is 0 Å². The first kappa shape index (κ1) is 35.5. The maximum absolute atomic E-state index is 13.7. The lowest BCUT2D eigenvalue weighted by molar-refractivity contribution is -0.123. The zero-order valence-electron chi connectivity index (χ0n) is 26.6. The summed E-state index contributed by atoms with van der Waals surface area (Å²) in [4.78, 5) is 28.0. The molecular weight excluding hydrogens is 590 g/mol. The highest BCUT2D eigenvalue weighted by atomic mass is 32.2. The first-order valence-electron chi connectivity index (χ1n) is 15.3. The zero-order chi connectivity index (χ0) is 33.0. The van der Waals surface area contributed by atoms with Crippen LogP contribution in [0.25, 0.3) is 0 Å². The van der Waals surface area contributed by atoms with E-state index < -0.39 is 28.0 Å². The van der Waals surface area contributed by atoms with Gasteiger partial charge in [0.05, 0.1) is 11.5 Å². The topological polar surface area (TPSA) is 145 Å². The van der Waals surface area contributed by atoms with Gasteiger partial charge in [0.1, 0.15) is 6.04 Å². The second kappa shape index (κ2) is 17.0. The third kappa shape index (κ3) is 10.0. The molecule has 0 saturated heterocycles. The maximum Gasteiger partial charge on any atom is 0.317 e.